The fourth-order valence-electron chi connectivity index (χ4n) is 5.28. The number of hydrogen-bond donors (Lipinski definition) is 1. The molecule has 3 aliphatic rings. The van der Waals surface area contributed by atoms with Crippen molar-refractivity contribution in [2.75, 3.05) is 26.9 Å². The molecule has 1 amide bonds. The number of fused-ring (bicyclic) bond motifs is 1. The number of benzene rings is 2. The molecule has 0 radical (unpaired) electrons. The first kappa shape index (κ1) is 24.2. The Labute approximate surface area is 210 Å². The summed E-state index contributed by atoms with van der Waals surface area (Å²) in [4.78, 5) is 28.2. The van der Waals surface area contributed by atoms with Gasteiger partial charge in [-0.2, -0.15) is 0 Å². The SMILES string of the molecule is CCOc1ccc(C2/C(=C(\O)c3ccc4c(c3)CC(C)O4)C(=O)C(=O)N2CC2CCCO2)cc1OC. The minimum absolute atomic E-state index is 0.0470. The normalized spacial score (nSPS) is 24.6. The quantitative estimate of drug-likeness (QED) is 0.354. The molecule has 5 rings (SSSR count). The van der Waals surface area contributed by atoms with E-state index in [1.54, 1.807) is 37.4 Å². The maximum absolute atomic E-state index is 13.4. The molecule has 3 atom stereocenters. The van der Waals surface area contributed by atoms with Crippen molar-refractivity contribution >= 4 is 17.4 Å². The van der Waals surface area contributed by atoms with E-state index < -0.39 is 17.7 Å². The molecule has 3 heterocycles. The molecule has 8 nitrogen and oxygen atoms in total. The van der Waals surface area contributed by atoms with E-state index in [0.717, 1.165) is 24.2 Å². The molecule has 0 spiro atoms. The number of carbonyl (C=O) groups is 2. The lowest BCUT2D eigenvalue weighted by atomic mass is 9.94. The highest BCUT2D eigenvalue weighted by Gasteiger charge is 2.47. The first-order valence-electron chi connectivity index (χ1n) is 12.4. The predicted octanol–water partition coefficient (Wildman–Crippen LogP) is 4.02. The van der Waals surface area contributed by atoms with Crippen molar-refractivity contribution in [2.45, 2.75) is 51.4 Å². The number of Topliss-reactive ketones (excluding diaryl/α,β-unsaturated/α-hetero) is 1. The molecule has 0 aromatic heterocycles. The number of ketones is 1. The van der Waals surface area contributed by atoms with Gasteiger partial charge in [0, 0.05) is 25.1 Å². The second-order valence-electron chi connectivity index (χ2n) is 9.38. The lowest BCUT2D eigenvalue weighted by molar-refractivity contribution is -0.140. The van der Waals surface area contributed by atoms with Crippen molar-refractivity contribution in [3.05, 3.63) is 58.7 Å². The highest BCUT2D eigenvalue weighted by molar-refractivity contribution is 6.46. The average molecular weight is 494 g/mol. The third-order valence-corrected chi connectivity index (χ3v) is 6.94. The van der Waals surface area contributed by atoms with Gasteiger partial charge in [-0.25, -0.2) is 0 Å². The zero-order chi connectivity index (χ0) is 25.4. The molecule has 2 aromatic carbocycles. The van der Waals surface area contributed by atoms with Gasteiger partial charge in [-0.3, -0.25) is 9.59 Å². The molecule has 36 heavy (non-hydrogen) atoms. The van der Waals surface area contributed by atoms with Crippen LogP contribution in [0.2, 0.25) is 0 Å². The fourth-order valence-corrected chi connectivity index (χ4v) is 5.28. The molecule has 0 bridgehead atoms. The summed E-state index contributed by atoms with van der Waals surface area (Å²) in [5, 5.41) is 11.4. The topological polar surface area (TPSA) is 94.5 Å². The lowest BCUT2D eigenvalue weighted by Crippen LogP contribution is -2.36. The number of aliphatic hydroxyl groups excluding tert-OH is 1. The summed E-state index contributed by atoms with van der Waals surface area (Å²) in [5.41, 5.74) is 2.13. The second-order valence-corrected chi connectivity index (χ2v) is 9.38. The highest BCUT2D eigenvalue weighted by Crippen LogP contribution is 2.43. The number of ether oxygens (including phenoxy) is 4. The number of aliphatic hydroxyl groups is 1. The minimum Gasteiger partial charge on any atom is -0.507 e. The van der Waals surface area contributed by atoms with Gasteiger partial charge in [0.1, 0.15) is 17.6 Å². The molecule has 3 aliphatic heterocycles. The molecule has 2 fully saturated rings. The first-order chi connectivity index (χ1) is 17.4. The van der Waals surface area contributed by atoms with Crippen LogP contribution < -0.4 is 14.2 Å². The van der Waals surface area contributed by atoms with E-state index in [1.165, 1.54) is 4.90 Å². The monoisotopic (exact) mass is 493 g/mol. The predicted molar refractivity (Wildman–Crippen MR) is 132 cm³/mol. The molecule has 0 aliphatic carbocycles. The largest absolute Gasteiger partial charge is 0.507 e. The smallest absolute Gasteiger partial charge is 0.295 e. The molecule has 2 aromatic rings. The van der Waals surface area contributed by atoms with E-state index in [0.29, 0.717) is 42.3 Å². The number of methoxy groups -OCH3 is 1. The number of hydrogen-bond acceptors (Lipinski definition) is 7. The minimum atomic E-state index is -0.790. The summed E-state index contributed by atoms with van der Waals surface area (Å²) in [6.45, 7) is 5.22. The van der Waals surface area contributed by atoms with Gasteiger partial charge < -0.3 is 29.0 Å². The second kappa shape index (κ2) is 9.85. The van der Waals surface area contributed by atoms with Gasteiger partial charge in [0.2, 0.25) is 0 Å². The summed E-state index contributed by atoms with van der Waals surface area (Å²) < 4.78 is 22.7. The van der Waals surface area contributed by atoms with Gasteiger partial charge in [-0.05, 0) is 68.1 Å². The summed E-state index contributed by atoms with van der Waals surface area (Å²) in [5.74, 6) is 0.249. The molecule has 1 N–H and O–H groups in total. The maximum Gasteiger partial charge on any atom is 0.295 e. The van der Waals surface area contributed by atoms with E-state index in [-0.39, 0.29) is 30.1 Å². The van der Waals surface area contributed by atoms with Crippen molar-refractivity contribution in [1.82, 2.24) is 4.90 Å². The van der Waals surface area contributed by atoms with Crippen LogP contribution in [0.1, 0.15) is 49.4 Å². The van der Waals surface area contributed by atoms with E-state index in [9.17, 15) is 14.7 Å². The highest BCUT2D eigenvalue weighted by atomic mass is 16.5. The third-order valence-electron chi connectivity index (χ3n) is 6.94. The van der Waals surface area contributed by atoms with Crippen LogP contribution in [0, 0.1) is 0 Å². The maximum atomic E-state index is 13.4. The Kier molecular flexibility index (Phi) is 6.62. The molecule has 3 unspecified atom stereocenters. The van der Waals surface area contributed by atoms with Gasteiger partial charge >= 0.3 is 0 Å². The number of likely N-dealkylation sites (tertiary alicyclic amines) is 1. The molecule has 0 saturated carbocycles. The molecular formula is C28H31NO7. The van der Waals surface area contributed by atoms with Crippen LogP contribution in [0.5, 0.6) is 17.2 Å². The zero-order valence-electron chi connectivity index (χ0n) is 20.8. The Bertz CT molecular complexity index is 1210. The third kappa shape index (κ3) is 4.30. The van der Waals surface area contributed by atoms with Crippen LogP contribution in [0.25, 0.3) is 5.76 Å². The lowest BCUT2D eigenvalue weighted by Gasteiger charge is -2.28. The molecule has 8 heteroatoms. The Balaban J connectivity index is 1.61. The molecular weight excluding hydrogens is 462 g/mol. The van der Waals surface area contributed by atoms with E-state index in [4.69, 9.17) is 18.9 Å². The summed E-state index contributed by atoms with van der Waals surface area (Å²) in [7, 11) is 1.54. The van der Waals surface area contributed by atoms with Crippen molar-refractivity contribution in [1.29, 1.82) is 0 Å². The Morgan fingerprint density at radius 3 is 2.72 bits per heavy atom. The number of amides is 1. The number of rotatable bonds is 7. The molecule has 2 saturated heterocycles. The van der Waals surface area contributed by atoms with Crippen LogP contribution in [-0.4, -0.2) is 60.8 Å². The summed E-state index contributed by atoms with van der Waals surface area (Å²) in [6.07, 6.45) is 2.32. The van der Waals surface area contributed by atoms with Gasteiger partial charge in [0.25, 0.3) is 11.7 Å². The van der Waals surface area contributed by atoms with Crippen molar-refractivity contribution in [3.63, 3.8) is 0 Å². The Morgan fingerprint density at radius 2 is 2.00 bits per heavy atom. The number of nitrogens with zero attached hydrogens (tertiary/aromatic N) is 1. The van der Waals surface area contributed by atoms with E-state index >= 15 is 0 Å². The van der Waals surface area contributed by atoms with Gasteiger partial charge in [-0.15, -0.1) is 0 Å². The molecule has 190 valence electrons. The van der Waals surface area contributed by atoms with Crippen molar-refractivity contribution in [3.8, 4) is 17.2 Å². The van der Waals surface area contributed by atoms with Crippen LogP contribution in [-0.2, 0) is 20.7 Å². The van der Waals surface area contributed by atoms with Gasteiger partial charge in [0.05, 0.1) is 31.4 Å². The van der Waals surface area contributed by atoms with E-state index in [1.807, 2.05) is 19.9 Å². The summed E-state index contributed by atoms with van der Waals surface area (Å²) >= 11 is 0. The van der Waals surface area contributed by atoms with Gasteiger partial charge in [0.15, 0.2) is 11.5 Å². The van der Waals surface area contributed by atoms with Crippen LogP contribution in [0.3, 0.4) is 0 Å². The Morgan fingerprint density at radius 1 is 1.17 bits per heavy atom. The van der Waals surface area contributed by atoms with Crippen LogP contribution in [0.4, 0.5) is 0 Å². The fraction of sp³-hybridized carbons (Fsp3) is 0.429. The Hall–Kier alpha value is -3.52. The van der Waals surface area contributed by atoms with Gasteiger partial charge in [-0.1, -0.05) is 6.07 Å². The van der Waals surface area contributed by atoms with Crippen LogP contribution >= 0.6 is 0 Å². The van der Waals surface area contributed by atoms with Crippen LogP contribution in [0.15, 0.2) is 42.0 Å². The first-order valence-corrected chi connectivity index (χ1v) is 12.4. The standard InChI is InChI=1S/C28H31NO7/c1-4-34-22-10-7-17(14-23(22)33-3)25-24(27(31)28(32)29(25)15-20-6-5-11-35-20)26(30)18-8-9-21-19(13-18)12-16(2)36-21/h7-10,13-14,16,20,25,30H,4-6,11-12,15H2,1-3H3/b26-24+. The van der Waals surface area contributed by atoms with Crippen molar-refractivity contribution in [2.24, 2.45) is 0 Å². The summed E-state index contributed by atoms with van der Waals surface area (Å²) in [6, 6.07) is 9.88. The number of carbonyl (C=O) groups excluding carboxylic acids is 2. The van der Waals surface area contributed by atoms with Crippen molar-refractivity contribution < 1.29 is 33.6 Å². The van der Waals surface area contributed by atoms with E-state index in [2.05, 4.69) is 0 Å². The zero-order valence-corrected chi connectivity index (χ0v) is 20.8. The average Bonchev–Trinajstić information content (AvgIpc) is 3.58.